The predicted octanol–water partition coefficient (Wildman–Crippen LogP) is 3.08. The number of rotatable bonds is 2. The molecule has 0 amide bonds. The van der Waals surface area contributed by atoms with E-state index in [0.29, 0.717) is 11.4 Å². The molecular formula is C12H9N5O. The maximum Gasteiger partial charge on any atom is 0.115 e. The van der Waals surface area contributed by atoms with Crippen molar-refractivity contribution in [3.05, 3.63) is 42.5 Å². The van der Waals surface area contributed by atoms with E-state index < -0.39 is 0 Å². The molecule has 1 aromatic heterocycles. The number of aromatic amines is 1. The summed E-state index contributed by atoms with van der Waals surface area (Å²) in [5.74, 6) is 0.206. The highest BCUT2D eigenvalue weighted by atomic mass is 16.3. The van der Waals surface area contributed by atoms with E-state index in [9.17, 15) is 0 Å². The van der Waals surface area contributed by atoms with Gasteiger partial charge in [0.15, 0.2) is 0 Å². The lowest BCUT2D eigenvalue weighted by atomic mass is 10.3. The van der Waals surface area contributed by atoms with E-state index in [1.165, 1.54) is 0 Å². The molecule has 0 aliphatic rings. The third-order valence-corrected chi connectivity index (χ3v) is 2.44. The highest BCUT2D eigenvalue weighted by molar-refractivity contribution is 5.76. The van der Waals surface area contributed by atoms with Crippen LogP contribution in [0.4, 0.5) is 11.4 Å². The van der Waals surface area contributed by atoms with Crippen molar-refractivity contribution in [3.8, 4) is 5.75 Å². The zero-order valence-electron chi connectivity index (χ0n) is 9.28. The van der Waals surface area contributed by atoms with Crippen molar-refractivity contribution in [2.75, 3.05) is 0 Å². The maximum absolute atomic E-state index is 9.15. The normalized spacial score (nSPS) is 11.3. The summed E-state index contributed by atoms with van der Waals surface area (Å²) in [5, 5.41) is 27.7. The highest BCUT2D eigenvalue weighted by Gasteiger charge is 1.98. The molecule has 0 aliphatic carbocycles. The number of fused-ring (bicyclic) bond motifs is 1. The number of phenolic OH excluding ortho intramolecular Hbond substituents is 1. The Balaban J connectivity index is 1.88. The van der Waals surface area contributed by atoms with Crippen LogP contribution in [0.15, 0.2) is 52.7 Å². The number of hydrogen-bond acceptors (Lipinski definition) is 5. The lowest BCUT2D eigenvalue weighted by molar-refractivity contribution is 0.475. The average Bonchev–Trinajstić information content (AvgIpc) is 2.85. The van der Waals surface area contributed by atoms with Crippen LogP contribution in [0.5, 0.6) is 5.75 Å². The molecule has 3 aromatic rings. The van der Waals surface area contributed by atoms with Gasteiger partial charge < -0.3 is 5.11 Å². The Morgan fingerprint density at radius 1 is 0.944 bits per heavy atom. The largest absolute Gasteiger partial charge is 0.508 e. The van der Waals surface area contributed by atoms with Gasteiger partial charge in [-0.25, -0.2) is 0 Å². The average molecular weight is 239 g/mol. The first-order chi connectivity index (χ1) is 8.81. The number of aromatic nitrogens is 3. The molecule has 0 spiro atoms. The number of azo groups is 1. The SMILES string of the molecule is Oc1ccc(N=Nc2ccc3[nH]nnc3c2)cc1. The second-order valence-corrected chi connectivity index (χ2v) is 3.73. The van der Waals surface area contributed by atoms with Crippen LogP contribution in [0.1, 0.15) is 0 Å². The van der Waals surface area contributed by atoms with Gasteiger partial charge in [-0.2, -0.15) is 10.2 Å². The Kier molecular flexibility index (Phi) is 2.45. The Labute approximate surface area is 102 Å². The zero-order chi connectivity index (χ0) is 12.4. The minimum Gasteiger partial charge on any atom is -0.508 e. The van der Waals surface area contributed by atoms with Gasteiger partial charge in [-0.1, -0.05) is 5.21 Å². The second-order valence-electron chi connectivity index (χ2n) is 3.73. The lowest BCUT2D eigenvalue weighted by Crippen LogP contribution is -1.69. The molecule has 0 bridgehead atoms. The Morgan fingerprint density at radius 2 is 1.67 bits per heavy atom. The van der Waals surface area contributed by atoms with Gasteiger partial charge in [0.1, 0.15) is 11.3 Å². The number of benzene rings is 2. The summed E-state index contributed by atoms with van der Waals surface area (Å²) in [6.07, 6.45) is 0. The molecule has 2 aromatic carbocycles. The molecule has 1 heterocycles. The standard InChI is InChI=1S/C12H9N5O/c18-10-4-1-8(2-5-10)13-14-9-3-6-11-12(7-9)16-17-15-11/h1-7,18H,(H,15,16,17). The molecule has 88 valence electrons. The molecule has 0 radical (unpaired) electrons. The summed E-state index contributed by atoms with van der Waals surface area (Å²) in [6, 6.07) is 12.0. The number of phenols is 1. The van der Waals surface area contributed by atoms with E-state index >= 15 is 0 Å². The topological polar surface area (TPSA) is 86.5 Å². The minimum atomic E-state index is 0.206. The van der Waals surface area contributed by atoms with Gasteiger partial charge in [0.25, 0.3) is 0 Å². The first-order valence-electron chi connectivity index (χ1n) is 5.33. The van der Waals surface area contributed by atoms with Gasteiger partial charge in [0, 0.05) is 0 Å². The third kappa shape index (κ3) is 2.03. The van der Waals surface area contributed by atoms with Crippen LogP contribution >= 0.6 is 0 Å². The molecule has 0 unspecified atom stereocenters. The summed E-state index contributed by atoms with van der Waals surface area (Å²) >= 11 is 0. The summed E-state index contributed by atoms with van der Waals surface area (Å²) < 4.78 is 0. The van der Waals surface area contributed by atoms with Crippen molar-refractivity contribution < 1.29 is 5.11 Å². The van der Waals surface area contributed by atoms with Crippen LogP contribution in [0.25, 0.3) is 11.0 Å². The summed E-state index contributed by atoms with van der Waals surface area (Å²) in [6.45, 7) is 0. The number of nitrogens with zero attached hydrogens (tertiary/aromatic N) is 4. The molecule has 0 atom stereocenters. The van der Waals surface area contributed by atoms with Crippen LogP contribution in [0.3, 0.4) is 0 Å². The molecule has 18 heavy (non-hydrogen) atoms. The van der Waals surface area contributed by atoms with E-state index in [2.05, 4.69) is 25.6 Å². The van der Waals surface area contributed by atoms with E-state index in [1.807, 2.05) is 12.1 Å². The Bertz CT molecular complexity index is 702. The fourth-order valence-corrected chi connectivity index (χ4v) is 1.53. The van der Waals surface area contributed by atoms with E-state index in [1.54, 1.807) is 30.3 Å². The Morgan fingerprint density at radius 3 is 2.50 bits per heavy atom. The van der Waals surface area contributed by atoms with Crippen molar-refractivity contribution in [2.45, 2.75) is 0 Å². The molecular weight excluding hydrogens is 230 g/mol. The lowest BCUT2D eigenvalue weighted by Gasteiger charge is -1.94. The molecule has 0 fully saturated rings. The zero-order valence-corrected chi connectivity index (χ0v) is 9.28. The van der Waals surface area contributed by atoms with Gasteiger partial charge in [-0.05, 0) is 42.5 Å². The Hall–Kier alpha value is -2.76. The van der Waals surface area contributed by atoms with Crippen molar-refractivity contribution in [3.63, 3.8) is 0 Å². The predicted molar refractivity (Wildman–Crippen MR) is 66.2 cm³/mol. The van der Waals surface area contributed by atoms with Gasteiger partial charge in [0.05, 0.1) is 16.9 Å². The maximum atomic E-state index is 9.15. The minimum absolute atomic E-state index is 0.206. The number of hydrogen-bond donors (Lipinski definition) is 2. The van der Waals surface area contributed by atoms with Crippen LogP contribution < -0.4 is 0 Å². The molecule has 0 aliphatic heterocycles. The van der Waals surface area contributed by atoms with Gasteiger partial charge in [-0.3, -0.25) is 5.10 Å². The third-order valence-electron chi connectivity index (χ3n) is 2.44. The fourth-order valence-electron chi connectivity index (χ4n) is 1.53. The second kappa shape index (κ2) is 4.25. The molecule has 2 N–H and O–H groups in total. The van der Waals surface area contributed by atoms with Crippen LogP contribution in [0.2, 0.25) is 0 Å². The van der Waals surface area contributed by atoms with Crippen molar-refractivity contribution >= 4 is 22.4 Å². The first kappa shape index (κ1) is 10.4. The summed E-state index contributed by atoms with van der Waals surface area (Å²) in [7, 11) is 0. The van der Waals surface area contributed by atoms with Crippen molar-refractivity contribution in [1.29, 1.82) is 0 Å². The number of nitrogens with one attached hydrogen (secondary N) is 1. The molecule has 0 saturated heterocycles. The molecule has 6 nitrogen and oxygen atoms in total. The summed E-state index contributed by atoms with van der Waals surface area (Å²) in [5.41, 5.74) is 2.98. The van der Waals surface area contributed by atoms with Gasteiger partial charge in [0.2, 0.25) is 0 Å². The van der Waals surface area contributed by atoms with Crippen molar-refractivity contribution in [1.82, 2.24) is 15.4 Å². The van der Waals surface area contributed by atoms with Crippen LogP contribution in [-0.4, -0.2) is 20.5 Å². The number of H-pyrrole nitrogens is 1. The van der Waals surface area contributed by atoms with Gasteiger partial charge in [-0.15, -0.1) is 5.10 Å². The highest BCUT2D eigenvalue weighted by Crippen LogP contribution is 2.22. The molecule has 3 rings (SSSR count). The fraction of sp³-hybridized carbons (Fsp3) is 0. The van der Waals surface area contributed by atoms with E-state index in [0.717, 1.165) is 11.0 Å². The monoisotopic (exact) mass is 239 g/mol. The van der Waals surface area contributed by atoms with Crippen molar-refractivity contribution in [2.24, 2.45) is 10.2 Å². The first-order valence-corrected chi connectivity index (χ1v) is 5.33. The van der Waals surface area contributed by atoms with E-state index in [4.69, 9.17) is 5.11 Å². The molecule has 6 heteroatoms. The number of aromatic hydroxyl groups is 1. The van der Waals surface area contributed by atoms with Crippen LogP contribution in [-0.2, 0) is 0 Å². The van der Waals surface area contributed by atoms with E-state index in [-0.39, 0.29) is 5.75 Å². The quantitative estimate of drug-likeness (QED) is 0.673. The van der Waals surface area contributed by atoms with Crippen LogP contribution in [0, 0.1) is 0 Å². The van der Waals surface area contributed by atoms with Gasteiger partial charge >= 0.3 is 0 Å². The smallest absolute Gasteiger partial charge is 0.115 e. The summed E-state index contributed by atoms with van der Waals surface area (Å²) in [4.78, 5) is 0. The molecule has 0 saturated carbocycles.